The number of aromatic nitrogens is 3. The molecule has 6 heteroatoms. The SMILES string of the molecule is Cc1ccc(-n2c(SCc3c(Cl)cccc3Cl)nnc2-c2ccc(C(C)(C)C)cc2)cc1. The Kier molecular flexibility index (Phi) is 6.66. The fraction of sp³-hybridized carbons (Fsp3) is 0.231. The minimum absolute atomic E-state index is 0.0956. The molecular formula is C26H25Cl2N3S. The van der Waals surface area contributed by atoms with Gasteiger partial charge in [-0.2, -0.15) is 0 Å². The number of aryl methyl sites for hydroxylation is 1. The van der Waals surface area contributed by atoms with Gasteiger partial charge in [0.2, 0.25) is 0 Å². The highest BCUT2D eigenvalue weighted by atomic mass is 35.5. The second-order valence-corrected chi connectivity index (χ2v) is 10.6. The van der Waals surface area contributed by atoms with Crippen LogP contribution in [0.15, 0.2) is 71.9 Å². The van der Waals surface area contributed by atoms with Crippen molar-refractivity contribution >= 4 is 35.0 Å². The van der Waals surface area contributed by atoms with E-state index in [2.05, 4.69) is 91.0 Å². The molecule has 4 aromatic rings. The van der Waals surface area contributed by atoms with Crippen LogP contribution in [-0.4, -0.2) is 14.8 Å². The molecule has 0 unspecified atom stereocenters. The molecule has 1 aromatic heterocycles. The Balaban J connectivity index is 1.74. The third-order valence-electron chi connectivity index (χ3n) is 5.34. The van der Waals surface area contributed by atoms with E-state index < -0.39 is 0 Å². The summed E-state index contributed by atoms with van der Waals surface area (Å²) in [5.74, 6) is 1.41. The van der Waals surface area contributed by atoms with Crippen LogP contribution in [-0.2, 0) is 11.2 Å². The van der Waals surface area contributed by atoms with Crippen LogP contribution in [0.3, 0.4) is 0 Å². The van der Waals surface area contributed by atoms with Crippen molar-refractivity contribution < 1.29 is 0 Å². The summed E-state index contributed by atoms with van der Waals surface area (Å²) in [6.45, 7) is 8.72. The second kappa shape index (κ2) is 9.30. The average Bonchev–Trinajstić information content (AvgIpc) is 3.17. The fourth-order valence-corrected chi connectivity index (χ4v) is 5.10. The predicted molar refractivity (Wildman–Crippen MR) is 136 cm³/mol. The van der Waals surface area contributed by atoms with E-state index >= 15 is 0 Å². The van der Waals surface area contributed by atoms with Crippen LogP contribution in [0.25, 0.3) is 17.1 Å². The standard InChI is InChI=1S/C26H25Cl2N3S/c1-17-8-14-20(15-9-17)31-24(18-10-12-19(13-11-18)26(2,3)4)29-30-25(31)32-16-21-22(27)6-5-7-23(21)28/h5-15H,16H2,1-4H3. The Morgan fingerprint density at radius 1 is 0.844 bits per heavy atom. The third kappa shape index (κ3) is 4.88. The third-order valence-corrected chi connectivity index (χ3v) is 7.01. The maximum Gasteiger partial charge on any atom is 0.196 e. The zero-order valence-corrected chi connectivity index (χ0v) is 20.9. The van der Waals surface area contributed by atoms with Crippen LogP contribution in [0.4, 0.5) is 0 Å². The molecule has 0 N–H and O–H groups in total. The molecule has 0 atom stereocenters. The van der Waals surface area contributed by atoms with Crippen LogP contribution >= 0.6 is 35.0 Å². The summed E-state index contributed by atoms with van der Waals surface area (Å²) in [4.78, 5) is 0. The van der Waals surface area contributed by atoms with Gasteiger partial charge in [-0.1, -0.05) is 104 Å². The van der Waals surface area contributed by atoms with Crippen molar-refractivity contribution in [2.45, 2.75) is 44.0 Å². The van der Waals surface area contributed by atoms with Crippen molar-refractivity contribution in [3.63, 3.8) is 0 Å². The van der Waals surface area contributed by atoms with Gasteiger partial charge in [-0.25, -0.2) is 0 Å². The number of benzene rings is 3. The van der Waals surface area contributed by atoms with E-state index in [0.717, 1.165) is 27.8 Å². The van der Waals surface area contributed by atoms with Gasteiger partial charge in [0, 0.05) is 27.0 Å². The largest absolute Gasteiger partial charge is 0.270 e. The maximum atomic E-state index is 6.38. The van der Waals surface area contributed by atoms with Gasteiger partial charge in [0.1, 0.15) is 0 Å². The Labute approximate surface area is 203 Å². The molecule has 0 fully saturated rings. The number of halogens is 2. The van der Waals surface area contributed by atoms with Gasteiger partial charge in [0.25, 0.3) is 0 Å². The molecule has 4 rings (SSSR count). The van der Waals surface area contributed by atoms with Gasteiger partial charge in [-0.3, -0.25) is 4.57 Å². The number of thioether (sulfide) groups is 1. The second-order valence-electron chi connectivity index (χ2n) is 8.79. The molecule has 164 valence electrons. The van der Waals surface area contributed by atoms with Gasteiger partial charge in [-0.05, 0) is 47.7 Å². The molecule has 1 heterocycles. The summed E-state index contributed by atoms with van der Waals surface area (Å²) in [5, 5.41) is 11.2. The first kappa shape index (κ1) is 22.9. The first-order valence-electron chi connectivity index (χ1n) is 10.4. The van der Waals surface area contributed by atoms with Crippen LogP contribution in [0, 0.1) is 6.92 Å². The van der Waals surface area contributed by atoms with Crippen LogP contribution in [0.5, 0.6) is 0 Å². The molecule has 0 aliphatic rings. The summed E-state index contributed by atoms with van der Waals surface area (Å²) in [6.07, 6.45) is 0. The molecule has 0 aliphatic heterocycles. The summed E-state index contributed by atoms with van der Waals surface area (Å²) >= 11 is 14.3. The molecular weight excluding hydrogens is 457 g/mol. The first-order valence-corrected chi connectivity index (χ1v) is 12.2. The minimum atomic E-state index is 0.0956. The van der Waals surface area contributed by atoms with E-state index in [4.69, 9.17) is 23.2 Å². The van der Waals surface area contributed by atoms with Crippen molar-refractivity contribution in [3.05, 3.63) is 93.5 Å². The normalized spacial score (nSPS) is 11.7. The van der Waals surface area contributed by atoms with Crippen molar-refractivity contribution in [3.8, 4) is 17.1 Å². The molecule has 32 heavy (non-hydrogen) atoms. The highest BCUT2D eigenvalue weighted by Crippen LogP contribution is 2.34. The first-order chi connectivity index (χ1) is 15.2. The molecule has 3 aromatic carbocycles. The number of hydrogen-bond acceptors (Lipinski definition) is 3. The lowest BCUT2D eigenvalue weighted by molar-refractivity contribution is 0.590. The van der Waals surface area contributed by atoms with E-state index in [1.54, 1.807) is 11.8 Å². The summed E-state index contributed by atoms with van der Waals surface area (Å²) < 4.78 is 2.10. The molecule has 0 amide bonds. The van der Waals surface area contributed by atoms with Crippen molar-refractivity contribution in [1.82, 2.24) is 14.8 Å². The molecule has 0 radical (unpaired) electrons. The van der Waals surface area contributed by atoms with Gasteiger partial charge in [-0.15, -0.1) is 10.2 Å². The highest BCUT2D eigenvalue weighted by molar-refractivity contribution is 7.98. The van der Waals surface area contributed by atoms with E-state index in [0.29, 0.717) is 15.8 Å². The summed E-state index contributed by atoms with van der Waals surface area (Å²) in [5.41, 5.74) is 5.52. The van der Waals surface area contributed by atoms with Crippen molar-refractivity contribution in [1.29, 1.82) is 0 Å². The lowest BCUT2D eigenvalue weighted by Crippen LogP contribution is -2.10. The van der Waals surface area contributed by atoms with Crippen LogP contribution in [0.2, 0.25) is 10.0 Å². The average molecular weight is 482 g/mol. The van der Waals surface area contributed by atoms with Gasteiger partial charge in [0.05, 0.1) is 0 Å². The number of rotatable bonds is 5. The quantitative estimate of drug-likeness (QED) is 0.269. The summed E-state index contributed by atoms with van der Waals surface area (Å²) in [7, 11) is 0. The smallest absolute Gasteiger partial charge is 0.196 e. The zero-order chi connectivity index (χ0) is 22.9. The number of nitrogens with zero attached hydrogens (tertiary/aromatic N) is 3. The fourth-order valence-electron chi connectivity index (χ4n) is 3.40. The van der Waals surface area contributed by atoms with Crippen molar-refractivity contribution in [2.75, 3.05) is 0 Å². The molecule has 0 saturated carbocycles. The topological polar surface area (TPSA) is 30.7 Å². The maximum absolute atomic E-state index is 6.38. The molecule has 0 saturated heterocycles. The van der Waals surface area contributed by atoms with Crippen LogP contribution < -0.4 is 0 Å². The Morgan fingerprint density at radius 3 is 2.06 bits per heavy atom. The Bertz CT molecular complexity index is 1200. The van der Waals surface area contributed by atoms with Gasteiger partial charge >= 0.3 is 0 Å². The minimum Gasteiger partial charge on any atom is -0.270 e. The monoisotopic (exact) mass is 481 g/mol. The van der Waals surface area contributed by atoms with Gasteiger partial charge in [0.15, 0.2) is 11.0 Å². The molecule has 0 aliphatic carbocycles. The Morgan fingerprint density at radius 2 is 1.47 bits per heavy atom. The predicted octanol–water partition coefficient (Wildman–Crippen LogP) is 8.14. The van der Waals surface area contributed by atoms with Crippen LogP contribution in [0.1, 0.15) is 37.5 Å². The zero-order valence-electron chi connectivity index (χ0n) is 18.6. The van der Waals surface area contributed by atoms with E-state index in [-0.39, 0.29) is 5.41 Å². The summed E-state index contributed by atoms with van der Waals surface area (Å²) in [6, 6.07) is 22.5. The van der Waals surface area contributed by atoms with E-state index in [1.165, 1.54) is 11.1 Å². The molecule has 3 nitrogen and oxygen atoms in total. The van der Waals surface area contributed by atoms with Crippen molar-refractivity contribution in [2.24, 2.45) is 0 Å². The lowest BCUT2D eigenvalue weighted by Gasteiger charge is -2.19. The lowest BCUT2D eigenvalue weighted by atomic mass is 9.87. The number of hydrogen-bond donors (Lipinski definition) is 0. The van der Waals surface area contributed by atoms with E-state index in [9.17, 15) is 0 Å². The van der Waals surface area contributed by atoms with E-state index in [1.807, 2.05) is 18.2 Å². The molecule has 0 spiro atoms. The molecule has 0 bridgehead atoms. The Hall–Kier alpha value is -2.27. The van der Waals surface area contributed by atoms with Gasteiger partial charge < -0.3 is 0 Å². The highest BCUT2D eigenvalue weighted by Gasteiger charge is 2.19.